The van der Waals surface area contributed by atoms with Crippen molar-refractivity contribution in [1.29, 1.82) is 0 Å². The molecule has 0 fully saturated rings. The van der Waals surface area contributed by atoms with E-state index >= 15 is 0 Å². The van der Waals surface area contributed by atoms with Gasteiger partial charge in [-0.3, -0.25) is 13.6 Å². The first kappa shape index (κ1) is 29.2. The fraction of sp³-hybridized carbons (Fsp3) is 0.423. The second-order valence-electron chi connectivity index (χ2n) is 9.55. The van der Waals surface area contributed by atoms with Crippen LogP contribution in [-0.4, -0.2) is 33.6 Å². The summed E-state index contributed by atoms with van der Waals surface area (Å²) in [7, 11) is -6.45. The van der Waals surface area contributed by atoms with Gasteiger partial charge in [0.15, 0.2) is 14.4 Å². The zero-order valence-electron chi connectivity index (χ0n) is 21.3. The molecule has 0 aliphatic carbocycles. The molecule has 0 saturated carbocycles. The third-order valence-electron chi connectivity index (χ3n) is 5.70. The highest BCUT2D eigenvalue weighted by molar-refractivity contribution is 7.48. The number of hydrogen-bond acceptors (Lipinski definition) is 7. The topological polar surface area (TPSA) is 80.3 Å². The SMILES string of the molecule is C=CCOC(=O)[C@H](COP(=O)(OCc1ccccc1)OCc1ccccc1)O[Si](C)(C)C(C)(C)C. The molecule has 0 radical (unpaired) electrons. The lowest BCUT2D eigenvalue weighted by Gasteiger charge is -2.38. The molecule has 0 saturated heterocycles. The van der Waals surface area contributed by atoms with Gasteiger partial charge in [-0.25, -0.2) is 9.36 Å². The maximum Gasteiger partial charge on any atom is 0.475 e. The molecule has 2 rings (SSSR count). The van der Waals surface area contributed by atoms with Gasteiger partial charge in [-0.2, -0.15) is 0 Å². The largest absolute Gasteiger partial charge is 0.475 e. The molecule has 0 spiro atoms. The van der Waals surface area contributed by atoms with Gasteiger partial charge in [-0.05, 0) is 29.3 Å². The smallest absolute Gasteiger partial charge is 0.460 e. The van der Waals surface area contributed by atoms with E-state index in [2.05, 4.69) is 27.4 Å². The molecule has 0 aromatic heterocycles. The predicted molar refractivity (Wildman–Crippen MR) is 139 cm³/mol. The van der Waals surface area contributed by atoms with Crippen LogP contribution in [0.2, 0.25) is 18.1 Å². The van der Waals surface area contributed by atoms with Crippen LogP contribution in [0.1, 0.15) is 31.9 Å². The van der Waals surface area contributed by atoms with Crippen LogP contribution in [0, 0.1) is 0 Å². The van der Waals surface area contributed by atoms with E-state index in [1.165, 1.54) is 6.08 Å². The molecular weight excluding hydrogens is 483 g/mol. The third kappa shape index (κ3) is 9.84. The number of carbonyl (C=O) groups excluding carboxylic acids is 1. The molecule has 2 aromatic rings. The summed E-state index contributed by atoms with van der Waals surface area (Å²) in [6.45, 7) is 13.5. The number of ether oxygens (including phenoxy) is 1. The molecule has 7 nitrogen and oxygen atoms in total. The first-order valence-corrected chi connectivity index (χ1v) is 15.9. The Balaban J connectivity index is 2.19. The predicted octanol–water partition coefficient (Wildman–Crippen LogP) is 6.66. The Kier molecular flexibility index (Phi) is 11.1. The van der Waals surface area contributed by atoms with Crippen LogP contribution in [-0.2, 0) is 45.3 Å². The first-order chi connectivity index (χ1) is 16.5. The van der Waals surface area contributed by atoms with Gasteiger partial charge < -0.3 is 9.16 Å². The van der Waals surface area contributed by atoms with Gasteiger partial charge in [0.1, 0.15) is 6.61 Å². The number of benzene rings is 2. The van der Waals surface area contributed by atoms with Crippen molar-refractivity contribution in [2.45, 2.75) is 58.2 Å². The highest BCUT2D eigenvalue weighted by atomic mass is 31.2. The summed E-state index contributed by atoms with van der Waals surface area (Å²) in [4.78, 5) is 12.8. The molecule has 0 unspecified atom stereocenters. The van der Waals surface area contributed by atoms with Crippen molar-refractivity contribution >= 4 is 22.1 Å². The average Bonchev–Trinajstić information content (AvgIpc) is 2.83. The summed E-state index contributed by atoms with van der Waals surface area (Å²) in [6, 6.07) is 18.6. The molecule has 0 aliphatic rings. The zero-order chi connectivity index (χ0) is 26.0. The molecule has 0 aliphatic heterocycles. The number of rotatable bonds is 14. The molecule has 2 aromatic carbocycles. The van der Waals surface area contributed by atoms with Crippen molar-refractivity contribution in [3.8, 4) is 0 Å². The van der Waals surface area contributed by atoms with Crippen molar-refractivity contribution in [3.63, 3.8) is 0 Å². The highest BCUT2D eigenvalue weighted by Crippen LogP contribution is 2.51. The molecule has 0 bridgehead atoms. The standard InChI is InChI=1S/C26H37O7PSi/c1-7-18-29-25(27)24(33-35(5,6)26(2,3)4)21-32-34(28,30-19-22-14-10-8-11-15-22)31-20-23-16-12-9-13-17-23/h7-17,24H,1,18-21H2,2-6H3/t24-/m0/s1. The van der Waals surface area contributed by atoms with Crippen LogP contribution in [0.4, 0.5) is 0 Å². The van der Waals surface area contributed by atoms with E-state index in [4.69, 9.17) is 22.7 Å². The molecule has 0 N–H and O–H groups in total. The Morgan fingerprint density at radius 2 is 1.43 bits per heavy atom. The summed E-state index contributed by atoms with van der Waals surface area (Å²) in [5, 5.41) is -0.165. The summed E-state index contributed by atoms with van der Waals surface area (Å²) in [6.07, 6.45) is 0.378. The number of phosphoric acid groups is 1. The van der Waals surface area contributed by atoms with Crippen LogP contribution >= 0.6 is 7.82 Å². The lowest BCUT2D eigenvalue weighted by Crippen LogP contribution is -2.47. The molecule has 0 amide bonds. The van der Waals surface area contributed by atoms with E-state index in [-0.39, 0.29) is 31.5 Å². The van der Waals surface area contributed by atoms with Gasteiger partial charge in [0.2, 0.25) is 0 Å². The molecule has 1 atom stereocenters. The summed E-state index contributed by atoms with van der Waals surface area (Å²) in [5.74, 6) is -0.618. The van der Waals surface area contributed by atoms with Crippen LogP contribution < -0.4 is 0 Å². The Bertz CT molecular complexity index is 927. The lowest BCUT2D eigenvalue weighted by atomic mass is 10.2. The van der Waals surface area contributed by atoms with Crippen molar-refractivity contribution in [2.24, 2.45) is 0 Å². The van der Waals surface area contributed by atoms with Gasteiger partial charge in [0.05, 0.1) is 19.8 Å². The maximum atomic E-state index is 13.6. The quantitative estimate of drug-likeness (QED) is 0.119. The molecule has 0 heterocycles. The van der Waals surface area contributed by atoms with Gasteiger partial charge in [0, 0.05) is 0 Å². The van der Waals surface area contributed by atoms with Gasteiger partial charge in [0.25, 0.3) is 0 Å². The fourth-order valence-corrected chi connectivity index (χ4v) is 5.03. The monoisotopic (exact) mass is 520 g/mol. The van der Waals surface area contributed by atoms with Gasteiger partial charge in [-0.15, -0.1) is 0 Å². The third-order valence-corrected chi connectivity index (χ3v) is 11.5. The lowest BCUT2D eigenvalue weighted by molar-refractivity contribution is -0.153. The second-order valence-corrected chi connectivity index (χ2v) is 16.0. The van der Waals surface area contributed by atoms with Crippen molar-refractivity contribution in [2.75, 3.05) is 13.2 Å². The minimum absolute atomic E-state index is 0.0155. The van der Waals surface area contributed by atoms with Crippen LogP contribution in [0.15, 0.2) is 73.3 Å². The summed E-state index contributed by atoms with van der Waals surface area (Å²) in [5.41, 5.74) is 1.61. The molecular formula is C26H37O7PSi. The number of carbonyl (C=O) groups is 1. The summed E-state index contributed by atoms with van der Waals surface area (Å²) < 4.78 is 42.0. The van der Waals surface area contributed by atoms with Crippen molar-refractivity contribution < 1.29 is 32.1 Å². The van der Waals surface area contributed by atoms with Crippen LogP contribution in [0.25, 0.3) is 0 Å². The normalized spacial score (nSPS) is 13.3. The van der Waals surface area contributed by atoms with E-state index in [0.717, 1.165) is 11.1 Å². The Hall–Kier alpha value is -2.06. The first-order valence-electron chi connectivity index (χ1n) is 11.5. The molecule has 35 heavy (non-hydrogen) atoms. The maximum absolute atomic E-state index is 13.6. The zero-order valence-corrected chi connectivity index (χ0v) is 23.2. The minimum atomic E-state index is -4.07. The highest BCUT2D eigenvalue weighted by Gasteiger charge is 2.42. The number of phosphoric ester groups is 1. The van der Waals surface area contributed by atoms with Gasteiger partial charge in [-0.1, -0.05) is 94.1 Å². The van der Waals surface area contributed by atoms with Crippen LogP contribution in [0.5, 0.6) is 0 Å². The van der Waals surface area contributed by atoms with E-state index < -0.39 is 28.2 Å². The van der Waals surface area contributed by atoms with Crippen LogP contribution in [0.3, 0.4) is 0 Å². The average molecular weight is 521 g/mol. The van der Waals surface area contributed by atoms with Crippen molar-refractivity contribution in [1.82, 2.24) is 0 Å². The van der Waals surface area contributed by atoms with Gasteiger partial charge >= 0.3 is 13.8 Å². The Labute approximate surface area is 210 Å². The molecule has 9 heteroatoms. The number of esters is 1. The van der Waals surface area contributed by atoms with E-state index in [1.54, 1.807) is 0 Å². The van der Waals surface area contributed by atoms with E-state index in [0.29, 0.717) is 0 Å². The van der Waals surface area contributed by atoms with E-state index in [1.807, 2.05) is 73.8 Å². The fourth-order valence-electron chi connectivity index (χ4n) is 2.64. The second kappa shape index (κ2) is 13.3. The Morgan fingerprint density at radius 3 is 1.86 bits per heavy atom. The Morgan fingerprint density at radius 1 is 0.943 bits per heavy atom. The molecule has 192 valence electrons. The van der Waals surface area contributed by atoms with E-state index in [9.17, 15) is 9.36 Å². The number of hydrogen-bond donors (Lipinski definition) is 0. The summed E-state index contributed by atoms with van der Waals surface area (Å²) >= 11 is 0. The minimum Gasteiger partial charge on any atom is -0.460 e. The van der Waals surface area contributed by atoms with Crippen molar-refractivity contribution in [3.05, 3.63) is 84.4 Å².